The summed E-state index contributed by atoms with van der Waals surface area (Å²) in [4.78, 5) is 0. The fraction of sp³-hybridized carbons (Fsp3) is 0.364. The van der Waals surface area contributed by atoms with E-state index < -0.39 is 0 Å². The van der Waals surface area contributed by atoms with Crippen LogP contribution in [-0.2, 0) is 13.1 Å². The number of halogens is 2. The van der Waals surface area contributed by atoms with Gasteiger partial charge in [-0.25, -0.2) is 4.39 Å². The van der Waals surface area contributed by atoms with E-state index in [1.54, 1.807) is 12.1 Å². The molecule has 0 amide bonds. The van der Waals surface area contributed by atoms with E-state index in [0.717, 1.165) is 37.6 Å². The average Bonchev–Trinajstić information content (AvgIpc) is 3.04. The Morgan fingerprint density at radius 2 is 1.93 bits per heavy atom. The minimum atomic E-state index is -0.258. The third-order valence-electron chi connectivity index (χ3n) is 5.47. The fourth-order valence-corrected chi connectivity index (χ4v) is 4.17. The highest BCUT2D eigenvalue weighted by atomic mass is 35.5. The number of fused-ring (bicyclic) bond motifs is 1. The molecule has 0 atom stereocenters. The van der Waals surface area contributed by atoms with Crippen molar-refractivity contribution in [2.24, 2.45) is 5.92 Å². The van der Waals surface area contributed by atoms with Gasteiger partial charge in [-0.3, -0.25) is 0 Å². The van der Waals surface area contributed by atoms with Crippen LogP contribution in [0.2, 0.25) is 5.02 Å². The van der Waals surface area contributed by atoms with Crippen molar-refractivity contribution in [1.29, 1.82) is 0 Å². The zero-order valence-corrected chi connectivity index (χ0v) is 16.1. The number of hydrogen-bond donors (Lipinski definition) is 2. The molecule has 1 fully saturated rings. The molecule has 0 unspecified atom stereocenters. The Kier molecular flexibility index (Phi) is 5.77. The molecule has 0 bridgehead atoms. The number of nitrogens with one attached hydrogen (secondary N) is 2. The van der Waals surface area contributed by atoms with Crippen molar-refractivity contribution in [3.8, 4) is 0 Å². The van der Waals surface area contributed by atoms with E-state index in [4.69, 9.17) is 11.6 Å². The van der Waals surface area contributed by atoms with Crippen molar-refractivity contribution in [3.05, 3.63) is 70.6 Å². The molecule has 3 aromatic rings. The maximum absolute atomic E-state index is 14.2. The smallest absolute Gasteiger partial charge is 0.129 e. The normalized spacial score (nSPS) is 15.5. The van der Waals surface area contributed by atoms with E-state index in [1.807, 2.05) is 6.07 Å². The topological polar surface area (TPSA) is 29.0 Å². The van der Waals surface area contributed by atoms with Crippen LogP contribution in [0.4, 0.5) is 4.39 Å². The van der Waals surface area contributed by atoms with Crippen molar-refractivity contribution in [2.75, 3.05) is 19.6 Å². The van der Waals surface area contributed by atoms with Gasteiger partial charge in [0.2, 0.25) is 0 Å². The Balaban J connectivity index is 1.54. The summed E-state index contributed by atoms with van der Waals surface area (Å²) < 4.78 is 16.3. The Bertz CT molecular complexity index is 895. The maximum Gasteiger partial charge on any atom is 0.129 e. The molecule has 142 valence electrons. The summed E-state index contributed by atoms with van der Waals surface area (Å²) in [5.74, 6) is 0.489. The van der Waals surface area contributed by atoms with Gasteiger partial charge in [0, 0.05) is 34.2 Å². The minimum Gasteiger partial charge on any atom is -0.343 e. The van der Waals surface area contributed by atoms with Crippen molar-refractivity contribution in [3.63, 3.8) is 0 Å². The highest BCUT2D eigenvalue weighted by Gasteiger charge is 2.14. The Labute approximate surface area is 164 Å². The van der Waals surface area contributed by atoms with E-state index in [2.05, 4.69) is 39.6 Å². The fourth-order valence-electron chi connectivity index (χ4n) is 3.95. The largest absolute Gasteiger partial charge is 0.343 e. The number of piperidine rings is 1. The van der Waals surface area contributed by atoms with E-state index in [1.165, 1.54) is 29.9 Å². The molecule has 2 heterocycles. The van der Waals surface area contributed by atoms with Crippen LogP contribution in [0.15, 0.2) is 48.7 Å². The Hall–Kier alpha value is -1.88. The van der Waals surface area contributed by atoms with Gasteiger partial charge in [0.05, 0.1) is 6.54 Å². The summed E-state index contributed by atoms with van der Waals surface area (Å²) >= 11 is 6.24. The lowest BCUT2D eigenvalue weighted by Gasteiger charge is -2.22. The second kappa shape index (κ2) is 8.42. The van der Waals surface area contributed by atoms with E-state index in [9.17, 15) is 4.39 Å². The third-order valence-corrected chi connectivity index (χ3v) is 5.82. The zero-order chi connectivity index (χ0) is 18.6. The lowest BCUT2D eigenvalue weighted by Crippen LogP contribution is -2.33. The molecule has 0 saturated carbocycles. The highest BCUT2D eigenvalue weighted by Crippen LogP contribution is 2.26. The predicted molar refractivity (Wildman–Crippen MR) is 110 cm³/mol. The van der Waals surface area contributed by atoms with Gasteiger partial charge in [0.15, 0.2) is 0 Å². The van der Waals surface area contributed by atoms with Crippen LogP contribution >= 0.6 is 11.6 Å². The second-order valence-electron chi connectivity index (χ2n) is 7.32. The Morgan fingerprint density at radius 3 is 2.74 bits per heavy atom. The number of aromatic nitrogens is 1. The summed E-state index contributed by atoms with van der Waals surface area (Å²) in [6, 6.07) is 13.1. The standard InChI is InChI=1S/C22H25ClFN3/c23-20-5-3-6-21(24)19(20)15-27-14-17(18-4-1-2-7-22(18)27)13-26-12-16-8-10-25-11-9-16/h1-7,14,16,25-26H,8-13,15H2. The van der Waals surface area contributed by atoms with Gasteiger partial charge in [-0.05, 0) is 62.2 Å². The first-order valence-corrected chi connectivity index (χ1v) is 10.0. The summed E-state index contributed by atoms with van der Waals surface area (Å²) in [6.45, 7) is 4.53. The second-order valence-corrected chi connectivity index (χ2v) is 7.73. The lowest BCUT2D eigenvalue weighted by molar-refractivity contribution is 0.356. The number of nitrogens with zero attached hydrogens (tertiary/aromatic N) is 1. The molecule has 4 rings (SSSR count). The van der Waals surface area contributed by atoms with Crippen LogP contribution in [0, 0.1) is 11.7 Å². The SMILES string of the molecule is Fc1cccc(Cl)c1Cn1cc(CNCC2CCNCC2)c2ccccc21. The predicted octanol–water partition coefficient (Wildman–Crippen LogP) is 4.57. The van der Waals surface area contributed by atoms with E-state index in [0.29, 0.717) is 17.1 Å². The van der Waals surface area contributed by atoms with Crippen LogP contribution < -0.4 is 10.6 Å². The minimum absolute atomic E-state index is 0.258. The average molecular weight is 386 g/mol. The first-order chi connectivity index (χ1) is 13.2. The Morgan fingerprint density at radius 1 is 1.11 bits per heavy atom. The van der Waals surface area contributed by atoms with E-state index >= 15 is 0 Å². The third kappa shape index (κ3) is 4.18. The van der Waals surface area contributed by atoms with Gasteiger partial charge >= 0.3 is 0 Å². The van der Waals surface area contributed by atoms with Crippen molar-refractivity contribution in [1.82, 2.24) is 15.2 Å². The van der Waals surface area contributed by atoms with Crippen LogP contribution in [0.25, 0.3) is 10.9 Å². The van der Waals surface area contributed by atoms with Gasteiger partial charge in [-0.2, -0.15) is 0 Å². The molecule has 0 spiro atoms. The van der Waals surface area contributed by atoms with Crippen LogP contribution in [0.5, 0.6) is 0 Å². The van der Waals surface area contributed by atoms with Gasteiger partial charge in [0.25, 0.3) is 0 Å². The summed E-state index contributed by atoms with van der Waals surface area (Å²) in [5, 5.41) is 8.71. The molecule has 1 saturated heterocycles. The number of hydrogen-bond acceptors (Lipinski definition) is 2. The van der Waals surface area contributed by atoms with Crippen LogP contribution in [0.1, 0.15) is 24.0 Å². The van der Waals surface area contributed by atoms with Gasteiger partial charge < -0.3 is 15.2 Å². The summed E-state index contributed by atoms with van der Waals surface area (Å²) in [5.41, 5.74) is 2.89. The van der Waals surface area contributed by atoms with Gasteiger partial charge in [-0.15, -0.1) is 0 Å². The number of benzene rings is 2. The van der Waals surface area contributed by atoms with Crippen molar-refractivity contribution >= 4 is 22.5 Å². The van der Waals surface area contributed by atoms with Crippen LogP contribution in [0.3, 0.4) is 0 Å². The monoisotopic (exact) mass is 385 g/mol. The molecular weight excluding hydrogens is 361 g/mol. The van der Waals surface area contributed by atoms with Crippen LogP contribution in [-0.4, -0.2) is 24.2 Å². The molecule has 1 aliphatic rings. The molecule has 27 heavy (non-hydrogen) atoms. The molecular formula is C22H25ClFN3. The molecule has 2 N–H and O–H groups in total. The molecule has 0 aliphatic carbocycles. The quantitative estimate of drug-likeness (QED) is 0.650. The highest BCUT2D eigenvalue weighted by molar-refractivity contribution is 6.31. The van der Waals surface area contributed by atoms with Crippen molar-refractivity contribution in [2.45, 2.75) is 25.9 Å². The molecule has 1 aromatic heterocycles. The first-order valence-electron chi connectivity index (χ1n) is 9.63. The maximum atomic E-state index is 14.2. The summed E-state index contributed by atoms with van der Waals surface area (Å²) in [7, 11) is 0. The van der Waals surface area contributed by atoms with Gasteiger partial charge in [-0.1, -0.05) is 35.9 Å². The van der Waals surface area contributed by atoms with Crippen molar-refractivity contribution < 1.29 is 4.39 Å². The number of rotatable bonds is 6. The van der Waals surface area contributed by atoms with Gasteiger partial charge in [0.1, 0.15) is 5.82 Å². The van der Waals surface area contributed by atoms with E-state index in [-0.39, 0.29) is 5.82 Å². The molecule has 3 nitrogen and oxygen atoms in total. The molecule has 1 aliphatic heterocycles. The lowest BCUT2D eigenvalue weighted by atomic mass is 9.98. The molecule has 2 aromatic carbocycles. The summed E-state index contributed by atoms with van der Waals surface area (Å²) in [6.07, 6.45) is 4.60. The zero-order valence-electron chi connectivity index (χ0n) is 15.3. The molecule has 0 radical (unpaired) electrons. The first kappa shape index (κ1) is 18.5. The molecule has 5 heteroatoms. The number of para-hydroxylation sites is 1.